The van der Waals surface area contributed by atoms with Crippen LogP contribution in [0, 0.1) is 13.8 Å². The minimum absolute atomic E-state index is 0. The van der Waals surface area contributed by atoms with Crippen LogP contribution in [0.25, 0.3) is 0 Å². The summed E-state index contributed by atoms with van der Waals surface area (Å²) in [7, 11) is 0. The van der Waals surface area contributed by atoms with Crippen LogP contribution in [0.4, 0.5) is 8.78 Å². The highest BCUT2D eigenvalue weighted by atomic mass is 35.5. The topological polar surface area (TPSA) is 72.9 Å². The Balaban J connectivity index is 0.00000361. The molecule has 0 saturated carbocycles. The zero-order valence-electron chi connectivity index (χ0n) is 11.9. The Morgan fingerprint density at radius 3 is 2.55 bits per heavy atom. The zero-order chi connectivity index (χ0) is 14.6. The van der Waals surface area contributed by atoms with E-state index in [0.29, 0.717) is 23.5 Å². The van der Waals surface area contributed by atoms with E-state index in [-0.39, 0.29) is 12.4 Å². The van der Waals surface area contributed by atoms with Gasteiger partial charge in [0.15, 0.2) is 0 Å². The van der Waals surface area contributed by atoms with E-state index in [9.17, 15) is 13.6 Å². The lowest BCUT2D eigenvalue weighted by Gasteiger charge is -2.14. The number of aryl methyl sites for hydroxylation is 2. The maximum absolute atomic E-state index is 13.0. The third kappa shape index (κ3) is 4.42. The molecule has 0 spiro atoms. The molecule has 5 nitrogen and oxygen atoms in total. The van der Waals surface area contributed by atoms with E-state index in [1.165, 1.54) is 0 Å². The van der Waals surface area contributed by atoms with Crippen molar-refractivity contribution < 1.29 is 13.6 Å². The number of alkyl halides is 2. The van der Waals surface area contributed by atoms with Crippen molar-refractivity contribution in [1.29, 1.82) is 0 Å². The lowest BCUT2D eigenvalue weighted by atomic mass is 10.2. The molecule has 1 heterocycles. The van der Waals surface area contributed by atoms with Gasteiger partial charge in [0.1, 0.15) is 0 Å². The number of nitrogens with one attached hydrogen (secondary N) is 1. The van der Waals surface area contributed by atoms with Gasteiger partial charge in [0.2, 0.25) is 0 Å². The van der Waals surface area contributed by atoms with Crippen molar-refractivity contribution in [2.24, 2.45) is 5.73 Å². The Bertz CT molecular complexity index is 463. The number of amides is 1. The summed E-state index contributed by atoms with van der Waals surface area (Å²) in [5.74, 6) is -3.62. The Morgan fingerprint density at radius 2 is 2.05 bits per heavy atom. The van der Waals surface area contributed by atoms with Gasteiger partial charge in [0, 0.05) is 12.2 Å². The summed E-state index contributed by atoms with van der Waals surface area (Å²) in [6, 6.07) is 0. The SMILES string of the molecule is CCCn1nc(C)c(C(=O)NCC(F)(F)CN)c1C.Cl. The summed E-state index contributed by atoms with van der Waals surface area (Å²) in [6.07, 6.45) is 0.883. The minimum atomic E-state index is -3.09. The molecular formula is C12H21ClF2N4O. The summed E-state index contributed by atoms with van der Waals surface area (Å²) in [5, 5.41) is 6.43. The average Bonchev–Trinajstić information content (AvgIpc) is 2.62. The minimum Gasteiger partial charge on any atom is -0.346 e. The maximum atomic E-state index is 13.0. The molecule has 0 atom stereocenters. The molecule has 0 fully saturated rings. The number of carbonyl (C=O) groups is 1. The zero-order valence-corrected chi connectivity index (χ0v) is 12.7. The van der Waals surface area contributed by atoms with Crippen molar-refractivity contribution in [3.63, 3.8) is 0 Å². The molecule has 3 N–H and O–H groups in total. The van der Waals surface area contributed by atoms with Gasteiger partial charge in [0.05, 0.1) is 24.3 Å². The highest BCUT2D eigenvalue weighted by Crippen LogP contribution is 2.14. The van der Waals surface area contributed by atoms with Gasteiger partial charge in [-0.25, -0.2) is 8.78 Å². The molecule has 0 aliphatic rings. The van der Waals surface area contributed by atoms with Gasteiger partial charge in [-0.1, -0.05) is 6.92 Å². The molecule has 1 rings (SSSR count). The number of aromatic nitrogens is 2. The largest absolute Gasteiger partial charge is 0.346 e. The molecule has 0 saturated heterocycles. The molecule has 1 aromatic rings. The van der Waals surface area contributed by atoms with Crippen molar-refractivity contribution >= 4 is 18.3 Å². The van der Waals surface area contributed by atoms with Crippen LogP contribution in [0.3, 0.4) is 0 Å². The fourth-order valence-corrected chi connectivity index (χ4v) is 1.83. The molecule has 1 amide bonds. The number of halogens is 3. The summed E-state index contributed by atoms with van der Waals surface area (Å²) in [4.78, 5) is 11.9. The Morgan fingerprint density at radius 1 is 1.45 bits per heavy atom. The second kappa shape index (κ2) is 7.54. The second-order valence-electron chi connectivity index (χ2n) is 4.51. The Kier molecular flexibility index (Phi) is 7.08. The number of carbonyl (C=O) groups excluding carboxylic acids is 1. The fraction of sp³-hybridized carbons (Fsp3) is 0.667. The molecule has 0 aromatic carbocycles. The lowest BCUT2D eigenvalue weighted by Crippen LogP contribution is -2.41. The third-order valence-corrected chi connectivity index (χ3v) is 2.85. The van der Waals surface area contributed by atoms with Crippen molar-refractivity contribution in [3.8, 4) is 0 Å². The van der Waals surface area contributed by atoms with Crippen molar-refractivity contribution in [2.45, 2.75) is 39.7 Å². The predicted molar refractivity (Wildman–Crippen MR) is 75.6 cm³/mol. The number of hydrogen-bond acceptors (Lipinski definition) is 3. The number of rotatable bonds is 6. The molecule has 1 aromatic heterocycles. The molecule has 0 unspecified atom stereocenters. The van der Waals surface area contributed by atoms with Gasteiger partial charge in [-0.2, -0.15) is 5.10 Å². The van der Waals surface area contributed by atoms with Gasteiger partial charge >= 0.3 is 0 Å². The van der Waals surface area contributed by atoms with Crippen LogP contribution in [0.15, 0.2) is 0 Å². The Hall–Kier alpha value is -1.21. The summed E-state index contributed by atoms with van der Waals surface area (Å²) < 4.78 is 27.7. The summed E-state index contributed by atoms with van der Waals surface area (Å²) in [6.45, 7) is 4.58. The van der Waals surface area contributed by atoms with Crippen molar-refractivity contribution in [3.05, 3.63) is 17.0 Å². The highest BCUT2D eigenvalue weighted by molar-refractivity contribution is 5.96. The molecule has 0 radical (unpaired) electrons. The van der Waals surface area contributed by atoms with Crippen LogP contribution < -0.4 is 11.1 Å². The van der Waals surface area contributed by atoms with E-state index in [1.54, 1.807) is 18.5 Å². The van der Waals surface area contributed by atoms with Gasteiger partial charge < -0.3 is 11.1 Å². The van der Waals surface area contributed by atoms with E-state index in [0.717, 1.165) is 6.42 Å². The fourth-order valence-electron chi connectivity index (χ4n) is 1.83. The van der Waals surface area contributed by atoms with Crippen molar-refractivity contribution in [1.82, 2.24) is 15.1 Å². The standard InChI is InChI=1S/C12H20F2N4O.ClH/c1-4-5-18-9(3)10(8(2)17-18)11(19)16-7-12(13,14)6-15;/h4-7,15H2,1-3H3,(H,16,19);1H. The third-order valence-electron chi connectivity index (χ3n) is 2.85. The van der Waals surface area contributed by atoms with Gasteiger partial charge in [0.25, 0.3) is 11.8 Å². The Labute approximate surface area is 123 Å². The van der Waals surface area contributed by atoms with Crippen LogP contribution in [0.1, 0.15) is 35.1 Å². The van der Waals surface area contributed by atoms with Gasteiger partial charge in [-0.15, -0.1) is 12.4 Å². The average molecular weight is 311 g/mol. The molecule has 0 aliphatic carbocycles. The normalized spacial score (nSPS) is 11.1. The van der Waals surface area contributed by atoms with E-state index in [1.807, 2.05) is 6.92 Å². The molecule has 116 valence electrons. The van der Waals surface area contributed by atoms with Gasteiger partial charge in [-0.3, -0.25) is 9.48 Å². The monoisotopic (exact) mass is 310 g/mol. The summed E-state index contributed by atoms with van der Waals surface area (Å²) in [5.41, 5.74) is 6.51. The van der Waals surface area contributed by atoms with Crippen molar-refractivity contribution in [2.75, 3.05) is 13.1 Å². The smallest absolute Gasteiger partial charge is 0.277 e. The van der Waals surface area contributed by atoms with Crippen LogP contribution in [0.5, 0.6) is 0 Å². The van der Waals surface area contributed by atoms with Gasteiger partial charge in [-0.05, 0) is 20.3 Å². The number of nitrogens with two attached hydrogens (primary N) is 1. The highest BCUT2D eigenvalue weighted by Gasteiger charge is 2.28. The van der Waals surface area contributed by atoms with Crippen LogP contribution in [0.2, 0.25) is 0 Å². The molecular weight excluding hydrogens is 290 g/mol. The van der Waals surface area contributed by atoms with Crippen LogP contribution >= 0.6 is 12.4 Å². The quantitative estimate of drug-likeness (QED) is 0.839. The molecule has 8 heteroatoms. The number of nitrogens with zero attached hydrogens (tertiary/aromatic N) is 2. The molecule has 20 heavy (non-hydrogen) atoms. The lowest BCUT2D eigenvalue weighted by molar-refractivity contribution is 0.0118. The van der Waals surface area contributed by atoms with E-state index >= 15 is 0 Å². The van der Waals surface area contributed by atoms with E-state index < -0.39 is 24.9 Å². The first-order chi connectivity index (χ1) is 8.82. The number of hydrogen-bond donors (Lipinski definition) is 2. The first-order valence-electron chi connectivity index (χ1n) is 6.22. The van der Waals surface area contributed by atoms with E-state index in [4.69, 9.17) is 5.73 Å². The predicted octanol–water partition coefficient (Wildman–Crippen LogP) is 1.66. The second-order valence-corrected chi connectivity index (χ2v) is 4.51. The molecule has 0 aliphatic heterocycles. The molecule has 0 bridgehead atoms. The maximum Gasteiger partial charge on any atom is 0.277 e. The summed E-state index contributed by atoms with van der Waals surface area (Å²) >= 11 is 0. The first-order valence-corrected chi connectivity index (χ1v) is 6.22. The van der Waals surface area contributed by atoms with Crippen LogP contribution in [-0.2, 0) is 6.54 Å². The first kappa shape index (κ1) is 18.8. The van der Waals surface area contributed by atoms with Crippen LogP contribution in [-0.4, -0.2) is 34.7 Å². The van der Waals surface area contributed by atoms with E-state index in [2.05, 4.69) is 10.4 Å².